The van der Waals surface area contributed by atoms with E-state index in [2.05, 4.69) is 21.6 Å². The third kappa shape index (κ3) is 2.07. The Morgan fingerprint density at radius 2 is 2.09 bits per heavy atom. The van der Waals surface area contributed by atoms with E-state index in [1.54, 1.807) is 24.4 Å². The normalized spacial score (nSPS) is 19.7. The van der Waals surface area contributed by atoms with E-state index in [0.29, 0.717) is 22.9 Å². The standard InChI is InChI=1S/C16H13N5O2/c17-7-11-14(10-3-1-2-4-13(10)21(22)23)12-8-18-20-16(12)19-15(11)9-5-6-9/h1-4,8-9,14H,5-6H2,(H2,18,19,20). The molecular formula is C16H13N5O2. The number of nitrogens with zero attached hydrogens (tertiary/aromatic N) is 3. The molecule has 0 amide bonds. The van der Waals surface area contributed by atoms with E-state index in [9.17, 15) is 15.4 Å². The van der Waals surface area contributed by atoms with Crippen molar-refractivity contribution in [2.45, 2.75) is 18.8 Å². The zero-order valence-corrected chi connectivity index (χ0v) is 12.1. The highest BCUT2D eigenvalue weighted by Gasteiger charge is 2.39. The first-order valence-electron chi connectivity index (χ1n) is 7.38. The van der Waals surface area contributed by atoms with Crippen molar-refractivity contribution in [3.63, 3.8) is 0 Å². The maximum atomic E-state index is 11.4. The van der Waals surface area contributed by atoms with Crippen LogP contribution in [0.2, 0.25) is 0 Å². The molecule has 1 aromatic carbocycles. The smallest absolute Gasteiger partial charge is 0.273 e. The molecule has 7 nitrogen and oxygen atoms in total. The fourth-order valence-corrected chi connectivity index (χ4v) is 3.17. The molecule has 1 atom stereocenters. The Bertz CT molecular complexity index is 873. The summed E-state index contributed by atoms with van der Waals surface area (Å²) in [6.07, 6.45) is 3.69. The van der Waals surface area contributed by atoms with Crippen LogP contribution in [0.4, 0.5) is 11.5 Å². The fourth-order valence-electron chi connectivity index (χ4n) is 3.17. The van der Waals surface area contributed by atoms with Crippen LogP contribution in [0.3, 0.4) is 0 Å². The van der Waals surface area contributed by atoms with Crippen LogP contribution in [0.25, 0.3) is 0 Å². The molecule has 1 unspecified atom stereocenters. The van der Waals surface area contributed by atoms with Crippen molar-refractivity contribution >= 4 is 11.5 Å². The molecule has 0 saturated heterocycles. The van der Waals surface area contributed by atoms with Crippen molar-refractivity contribution in [1.82, 2.24) is 10.2 Å². The summed E-state index contributed by atoms with van der Waals surface area (Å²) < 4.78 is 0. The number of aromatic nitrogens is 2. The Morgan fingerprint density at radius 3 is 2.78 bits per heavy atom. The third-order valence-corrected chi connectivity index (χ3v) is 4.37. The highest BCUT2D eigenvalue weighted by molar-refractivity contribution is 5.67. The fraction of sp³-hybridized carbons (Fsp3) is 0.250. The number of hydrogen-bond acceptors (Lipinski definition) is 5. The molecule has 2 aliphatic rings. The van der Waals surface area contributed by atoms with Crippen LogP contribution in [-0.4, -0.2) is 15.1 Å². The summed E-state index contributed by atoms with van der Waals surface area (Å²) in [6.45, 7) is 0. The number of aromatic amines is 1. The van der Waals surface area contributed by atoms with E-state index >= 15 is 0 Å². The summed E-state index contributed by atoms with van der Waals surface area (Å²) >= 11 is 0. The molecule has 7 heteroatoms. The monoisotopic (exact) mass is 307 g/mol. The van der Waals surface area contributed by atoms with Gasteiger partial charge in [-0.1, -0.05) is 18.2 Å². The molecule has 1 aliphatic carbocycles. The summed E-state index contributed by atoms with van der Waals surface area (Å²) in [7, 11) is 0. The van der Waals surface area contributed by atoms with Crippen LogP contribution in [0.15, 0.2) is 41.7 Å². The molecule has 1 saturated carbocycles. The van der Waals surface area contributed by atoms with Crippen LogP contribution in [-0.2, 0) is 0 Å². The number of rotatable bonds is 3. The molecule has 23 heavy (non-hydrogen) atoms. The van der Waals surface area contributed by atoms with Crippen LogP contribution < -0.4 is 5.32 Å². The van der Waals surface area contributed by atoms with Gasteiger partial charge in [-0.2, -0.15) is 10.4 Å². The Hall–Kier alpha value is -3.14. The molecular weight excluding hydrogens is 294 g/mol. The first-order valence-corrected chi connectivity index (χ1v) is 7.38. The predicted octanol–water partition coefficient (Wildman–Crippen LogP) is 3.06. The van der Waals surface area contributed by atoms with Gasteiger partial charge in [0.1, 0.15) is 5.82 Å². The number of nitriles is 1. The van der Waals surface area contributed by atoms with Gasteiger partial charge in [-0.25, -0.2) is 0 Å². The average Bonchev–Trinajstić information content (AvgIpc) is 3.30. The zero-order valence-electron chi connectivity index (χ0n) is 12.1. The summed E-state index contributed by atoms with van der Waals surface area (Å²) in [5.41, 5.74) is 2.73. The van der Waals surface area contributed by atoms with E-state index in [1.165, 1.54) is 6.07 Å². The lowest BCUT2D eigenvalue weighted by Crippen LogP contribution is -2.19. The molecule has 1 aliphatic heterocycles. The highest BCUT2D eigenvalue weighted by atomic mass is 16.6. The van der Waals surface area contributed by atoms with Gasteiger partial charge in [0.05, 0.1) is 28.7 Å². The van der Waals surface area contributed by atoms with E-state index in [0.717, 1.165) is 24.1 Å². The number of nitro groups is 1. The van der Waals surface area contributed by atoms with Crippen molar-refractivity contribution in [3.05, 3.63) is 63.0 Å². The molecule has 4 rings (SSSR count). The van der Waals surface area contributed by atoms with Gasteiger partial charge in [0.15, 0.2) is 0 Å². The van der Waals surface area contributed by atoms with Gasteiger partial charge in [0.2, 0.25) is 0 Å². The van der Waals surface area contributed by atoms with Gasteiger partial charge in [-0.15, -0.1) is 0 Å². The van der Waals surface area contributed by atoms with Gasteiger partial charge in [-0.3, -0.25) is 15.2 Å². The minimum Gasteiger partial charge on any atom is -0.343 e. The lowest BCUT2D eigenvalue weighted by molar-refractivity contribution is -0.385. The summed E-state index contributed by atoms with van der Waals surface area (Å²) in [5, 5.41) is 31.3. The lowest BCUT2D eigenvalue weighted by Gasteiger charge is -2.26. The largest absolute Gasteiger partial charge is 0.343 e. The van der Waals surface area contributed by atoms with E-state index in [1.807, 2.05) is 0 Å². The van der Waals surface area contributed by atoms with Crippen LogP contribution in [0.5, 0.6) is 0 Å². The molecule has 0 bridgehead atoms. The highest BCUT2D eigenvalue weighted by Crippen LogP contribution is 2.48. The molecule has 0 spiro atoms. The predicted molar refractivity (Wildman–Crippen MR) is 82.5 cm³/mol. The van der Waals surface area contributed by atoms with Crippen molar-refractivity contribution in [1.29, 1.82) is 5.26 Å². The number of nitrogens with one attached hydrogen (secondary N) is 2. The maximum Gasteiger partial charge on any atom is 0.273 e. The SMILES string of the molecule is N#CC1=C(C2CC2)Nc2[nH]ncc2C1c1ccccc1[N+](=O)[O-]. The van der Waals surface area contributed by atoms with Gasteiger partial charge in [0, 0.05) is 28.8 Å². The van der Waals surface area contributed by atoms with E-state index in [-0.39, 0.29) is 5.69 Å². The van der Waals surface area contributed by atoms with Crippen molar-refractivity contribution in [2.75, 3.05) is 5.32 Å². The number of fused-ring (bicyclic) bond motifs is 1. The van der Waals surface area contributed by atoms with Gasteiger partial charge in [-0.05, 0) is 12.8 Å². The summed E-state index contributed by atoms with van der Waals surface area (Å²) in [6, 6.07) is 8.86. The van der Waals surface area contributed by atoms with Crippen LogP contribution >= 0.6 is 0 Å². The second-order valence-electron chi connectivity index (χ2n) is 5.79. The van der Waals surface area contributed by atoms with Crippen molar-refractivity contribution in [2.24, 2.45) is 5.92 Å². The second-order valence-corrected chi connectivity index (χ2v) is 5.79. The van der Waals surface area contributed by atoms with Gasteiger partial charge >= 0.3 is 0 Å². The lowest BCUT2D eigenvalue weighted by atomic mass is 9.82. The molecule has 2 heterocycles. The number of nitro benzene ring substituents is 1. The van der Waals surface area contributed by atoms with Crippen LogP contribution in [0, 0.1) is 27.4 Å². The maximum absolute atomic E-state index is 11.4. The second kappa shape index (κ2) is 4.95. The minimum absolute atomic E-state index is 0.0226. The van der Waals surface area contributed by atoms with E-state index in [4.69, 9.17) is 0 Å². The van der Waals surface area contributed by atoms with E-state index < -0.39 is 10.8 Å². The Labute approximate surface area is 131 Å². The van der Waals surface area contributed by atoms with Gasteiger partial charge in [0.25, 0.3) is 5.69 Å². The average molecular weight is 307 g/mol. The third-order valence-electron chi connectivity index (χ3n) is 4.37. The number of hydrogen-bond donors (Lipinski definition) is 2. The number of allylic oxidation sites excluding steroid dienone is 2. The summed E-state index contributed by atoms with van der Waals surface area (Å²) in [5.74, 6) is 0.576. The van der Waals surface area contributed by atoms with Gasteiger partial charge < -0.3 is 5.32 Å². The number of H-pyrrole nitrogens is 1. The summed E-state index contributed by atoms with van der Waals surface area (Å²) in [4.78, 5) is 11.0. The molecule has 2 aromatic rings. The number of anilines is 1. The van der Waals surface area contributed by atoms with Crippen molar-refractivity contribution < 1.29 is 4.92 Å². The number of para-hydroxylation sites is 1. The minimum atomic E-state index is -0.466. The Balaban J connectivity index is 1.96. The molecule has 114 valence electrons. The number of benzene rings is 1. The quantitative estimate of drug-likeness (QED) is 0.669. The molecule has 2 N–H and O–H groups in total. The Kier molecular flexibility index (Phi) is 2.91. The topological polar surface area (TPSA) is 108 Å². The molecule has 1 aromatic heterocycles. The van der Waals surface area contributed by atoms with Crippen molar-refractivity contribution in [3.8, 4) is 6.07 Å². The molecule has 0 radical (unpaired) electrons. The first-order chi connectivity index (χ1) is 11.2. The Morgan fingerprint density at radius 1 is 1.30 bits per heavy atom. The molecule has 1 fully saturated rings. The first kappa shape index (κ1) is 13.5. The van der Waals surface area contributed by atoms with Crippen LogP contribution in [0.1, 0.15) is 29.9 Å². The zero-order chi connectivity index (χ0) is 16.0.